The third kappa shape index (κ3) is 4.45. The number of nitrogens with one attached hydrogen (secondary N) is 1. The predicted molar refractivity (Wildman–Crippen MR) is 102 cm³/mol. The van der Waals surface area contributed by atoms with E-state index in [1.807, 2.05) is 0 Å². The van der Waals surface area contributed by atoms with E-state index in [1.165, 1.54) is 25.4 Å². The SMILES string of the molecule is COc1cccc(NC(=O)[C@H](OC(=O)c2cccc[n+]2[O-])c2ccccc2)c1. The van der Waals surface area contributed by atoms with Crippen molar-refractivity contribution in [3.05, 3.63) is 95.5 Å². The van der Waals surface area contributed by atoms with Gasteiger partial charge in [0, 0.05) is 29.4 Å². The third-order valence-corrected chi connectivity index (χ3v) is 3.94. The van der Waals surface area contributed by atoms with E-state index < -0.39 is 18.0 Å². The van der Waals surface area contributed by atoms with Crippen LogP contribution >= 0.6 is 0 Å². The molecule has 2 aromatic carbocycles. The molecule has 1 heterocycles. The molecule has 3 aromatic rings. The van der Waals surface area contributed by atoms with Gasteiger partial charge in [0.05, 0.1) is 7.11 Å². The summed E-state index contributed by atoms with van der Waals surface area (Å²) in [7, 11) is 1.52. The zero-order valence-corrected chi connectivity index (χ0v) is 15.1. The molecular formula is C21H18N2O5. The summed E-state index contributed by atoms with van der Waals surface area (Å²) in [6.45, 7) is 0. The third-order valence-electron chi connectivity index (χ3n) is 3.94. The minimum Gasteiger partial charge on any atom is -0.618 e. The average Bonchev–Trinajstić information content (AvgIpc) is 2.73. The van der Waals surface area contributed by atoms with Crippen LogP contribution in [0, 0.1) is 5.21 Å². The smallest absolute Gasteiger partial charge is 0.406 e. The van der Waals surface area contributed by atoms with Gasteiger partial charge in [0.2, 0.25) is 6.10 Å². The molecule has 0 aliphatic rings. The standard InChI is InChI=1S/C21H18N2O5/c1-27-17-11-7-10-16(14-17)22-20(24)19(15-8-3-2-4-9-15)28-21(25)18-12-5-6-13-23(18)26/h2-14,19H,1H3,(H,22,24)/t19-/m1/s1. The number of hydrogen-bond acceptors (Lipinski definition) is 5. The number of anilines is 1. The van der Waals surface area contributed by atoms with E-state index in [1.54, 1.807) is 60.7 Å². The molecule has 0 bridgehead atoms. The monoisotopic (exact) mass is 378 g/mol. The summed E-state index contributed by atoms with van der Waals surface area (Å²) in [5.41, 5.74) is 0.752. The summed E-state index contributed by atoms with van der Waals surface area (Å²) in [5, 5.41) is 14.5. The first-order valence-electron chi connectivity index (χ1n) is 8.47. The van der Waals surface area contributed by atoms with Gasteiger partial charge in [0.1, 0.15) is 5.75 Å². The van der Waals surface area contributed by atoms with Crippen LogP contribution in [0.2, 0.25) is 0 Å². The molecule has 3 rings (SSSR count). The van der Waals surface area contributed by atoms with E-state index in [0.29, 0.717) is 21.7 Å². The van der Waals surface area contributed by atoms with Crippen LogP contribution < -0.4 is 14.8 Å². The zero-order valence-electron chi connectivity index (χ0n) is 15.1. The van der Waals surface area contributed by atoms with Gasteiger partial charge >= 0.3 is 11.7 Å². The Labute approximate surface area is 161 Å². The van der Waals surface area contributed by atoms with Crippen molar-refractivity contribution in [1.29, 1.82) is 0 Å². The Hall–Kier alpha value is -3.87. The van der Waals surface area contributed by atoms with E-state index in [0.717, 1.165) is 0 Å². The van der Waals surface area contributed by atoms with Crippen molar-refractivity contribution in [2.24, 2.45) is 0 Å². The van der Waals surface area contributed by atoms with Gasteiger partial charge in [0.25, 0.3) is 5.91 Å². The molecule has 142 valence electrons. The summed E-state index contributed by atoms with van der Waals surface area (Å²) in [5.74, 6) is -0.880. The normalized spacial score (nSPS) is 11.3. The van der Waals surface area contributed by atoms with Crippen LogP contribution in [-0.4, -0.2) is 19.0 Å². The topological polar surface area (TPSA) is 91.6 Å². The molecule has 7 heteroatoms. The van der Waals surface area contributed by atoms with Crippen molar-refractivity contribution in [3.8, 4) is 5.75 Å². The Morgan fingerprint density at radius 1 is 1.00 bits per heavy atom. The Bertz CT molecular complexity index is 975. The maximum atomic E-state index is 12.9. The highest BCUT2D eigenvalue weighted by atomic mass is 16.6. The number of nitrogens with zero attached hydrogens (tertiary/aromatic N) is 1. The number of pyridine rings is 1. The molecule has 28 heavy (non-hydrogen) atoms. The second kappa shape index (κ2) is 8.68. The van der Waals surface area contributed by atoms with Crippen molar-refractivity contribution in [2.75, 3.05) is 12.4 Å². The van der Waals surface area contributed by atoms with Gasteiger partial charge in [-0.3, -0.25) is 4.79 Å². The summed E-state index contributed by atoms with van der Waals surface area (Å²) in [4.78, 5) is 25.3. The van der Waals surface area contributed by atoms with Gasteiger partial charge in [0.15, 0.2) is 6.20 Å². The summed E-state index contributed by atoms with van der Waals surface area (Å²) in [6.07, 6.45) is -0.0511. The van der Waals surface area contributed by atoms with E-state index in [9.17, 15) is 14.8 Å². The molecule has 0 radical (unpaired) electrons. The molecule has 0 aliphatic heterocycles. The molecule has 0 spiro atoms. The average molecular weight is 378 g/mol. The van der Waals surface area contributed by atoms with Crippen LogP contribution in [0.25, 0.3) is 0 Å². The summed E-state index contributed by atoms with van der Waals surface area (Å²) >= 11 is 0. The molecule has 1 atom stereocenters. The molecule has 0 saturated heterocycles. The lowest BCUT2D eigenvalue weighted by atomic mass is 10.1. The highest BCUT2D eigenvalue weighted by molar-refractivity contribution is 5.97. The number of amides is 1. The van der Waals surface area contributed by atoms with Gasteiger partial charge in [-0.25, -0.2) is 4.79 Å². The number of methoxy groups -OCH3 is 1. The number of hydrogen-bond donors (Lipinski definition) is 1. The molecule has 0 unspecified atom stereocenters. The minimum atomic E-state index is -1.24. The van der Waals surface area contributed by atoms with Crippen molar-refractivity contribution in [1.82, 2.24) is 0 Å². The van der Waals surface area contributed by atoms with Crippen molar-refractivity contribution in [3.63, 3.8) is 0 Å². The first-order chi connectivity index (χ1) is 13.6. The fraction of sp³-hybridized carbons (Fsp3) is 0.0952. The van der Waals surface area contributed by atoms with Gasteiger partial charge in [-0.05, 0) is 18.2 Å². The maximum absolute atomic E-state index is 12.9. The zero-order chi connectivity index (χ0) is 19.9. The quantitative estimate of drug-likeness (QED) is 0.405. The number of aromatic nitrogens is 1. The van der Waals surface area contributed by atoms with Crippen molar-refractivity contribution in [2.45, 2.75) is 6.10 Å². The van der Waals surface area contributed by atoms with E-state index in [-0.39, 0.29) is 5.69 Å². The number of carbonyl (C=O) groups is 2. The van der Waals surface area contributed by atoms with Gasteiger partial charge in [-0.2, -0.15) is 4.73 Å². The Morgan fingerprint density at radius 3 is 2.46 bits per heavy atom. The second-order valence-corrected chi connectivity index (χ2v) is 5.83. The van der Waals surface area contributed by atoms with Gasteiger partial charge in [-0.1, -0.05) is 36.4 Å². The highest BCUT2D eigenvalue weighted by Crippen LogP contribution is 2.23. The van der Waals surface area contributed by atoms with Crippen LogP contribution in [0.3, 0.4) is 0 Å². The molecule has 7 nitrogen and oxygen atoms in total. The largest absolute Gasteiger partial charge is 0.618 e. The fourth-order valence-electron chi connectivity index (χ4n) is 2.56. The Balaban J connectivity index is 1.86. The lowest BCUT2D eigenvalue weighted by molar-refractivity contribution is -0.608. The molecule has 1 amide bonds. The lowest BCUT2D eigenvalue weighted by Gasteiger charge is -2.18. The molecule has 0 fully saturated rings. The van der Waals surface area contributed by atoms with Crippen molar-refractivity contribution >= 4 is 17.6 Å². The Morgan fingerprint density at radius 2 is 1.75 bits per heavy atom. The lowest BCUT2D eigenvalue weighted by Crippen LogP contribution is -2.36. The number of ether oxygens (including phenoxy) is 2. The number of rotatable bonds is 6. The minimum absolute atomic E-state index is 0.211. The second-order valence-electron chi connectivity index (χ2n) is 5.83. The summed E-state index contributed by atoms with van der Waals surface area (Å²) < 4.78 is 10.9. The molecule has 0 aliphatic carbocycles. The fourth-order valence-corrected chi connectivity index (χ4v) is 2.56. The summed E-state index contributed by atoms with van der Waals surface area (Å²) in [6, 6.07) is 19.7. The first kappa shape index (κ1) is 18.9. The number of carbonyl (C=O) groups excluding carboxylic acids is 2. The molecule has 1 aromatic heterocycles. The number of benzene rings is 2. The van der Waals surface area contributed by atoms with E-state index in [2.05, 4.69) is 5.32 Å². The van der Waals surface area contributed by atoms with Crippen LogP contribution in [0.4, 0.5) is 5.69 Å². The van der Waals surface area contributed by atoms with Crippen LogP contribution in [0.1, 0.15) is 22.2 Å². The van der Waals surface area contributed by atoms with E-state index >= 15 is 0 Å². The predicted octanol–water partition coefficient (Wildman–Crippen LogP) is 2.87. The van der Waals surface area contributed by atoms with Crippen LogP contribution in [0.15, 0.2) is 79.0 Å². The van der Waals surface area contributed by atoms with Crippen LogP contribution in [0.5, 0.6) is 5.75 Å². The molecule has 0 saturated carbocycles. The van der Waals surface area contributed by atoms with E-state index in [4.69, 9.17) is 9.47 Å². The molecular weight excluding hydrogens is 360 g/mol. The van der Waals surface area contributed by atoms with Crippen molar-refractivity contribution < 1.29 is 23.8 Å². The number of esters is 1. The highest BCUT2D eigenvalue weighted by Gasteiger charge is 2.28. The van der Waals surface area contributed by atoms with Crippen LogP contribution in [-0.2, 0) is 9.53 Å². The Kier molecular flexibility index (Phi) is 5.86. The van der Waals surface area contributed by atoms with Gasteiger partial charge < -0.3 is 20.0 Å². The first-order valence-corrected chi connectivity index (χ1v) is 8.47. The van der Waals surface area contributed by atoms with Gasteiger partial charge in [-0.15, -0.1) is 0 Å². The molecule has 1 N–H and O–H groups in total. The maximum Gasteiger partial charge on any atom is 0.406 e.